The highest BCUT2D eigenvalue weighted by Crippen LogP contribution is 2.18. The SMILES string of the molecule is CS(=O)(=O)O[C@H](Cc1ccccc1)C1OCCO1. The van der Waals surface area contributed by atoms with Crippen molar-refractivity contribution in [2.75, 3.05) is 19.5 Å². The van der Waals surface area contributed by atoms with Crippen LogP contribution in [0.4, 0.5) is 0 Å². The lowest BCUT2D eigenvalue weighted by Crippen LogP contribution is -2.33. The molecule has 1 aliphatic heterocycles. The third-order valence-corrected chi connectivity index (χ3v) is 3.13. The van der Waals surface area contributed by atoms with E-state index in [1.165, 1.54) is 0 Å². The van der Waals surface area contributed by atoms with Gasteiger partial charge in [0.2, 0.25) is 0 Å². The Labute approximate surface area is 107 Å². The molecule has 0 saturated carbocycles. The van der Waals surface area contributed by atoms with Crippen molar-refractivity contribution in [3.05, 3.63) is 35.9 Å². The van der Waals surface area contributed by atoms with E-state index in [4.69, 9.17) is 13.7 Å². The van der Waals surface area contributed by atoms with Gasteiger partial charge in [-0.25, -0.2) is 0 Å². The summed E-state index contributed by atoms with van der Waals surface area (Å²) < 4.78 is 38.2. The van der Waals surface area contributed by atoms with E-state index in [9.17, 15) is 8.42 Å². The molecule has 1 saturated heterocycles. The van der Waals surface area contributed by atoms with Crippen LogP contribution in [0.25, 0.3) is 0 Å². The normalized spacial score (nSPS) is 18.9. The zero-order valence-corrected chi connectivity index (χ0v) is 10.9. The molecule has 18 heavy (non-hydrogen) atoms. The maximum absolute atomic E-state index is 11.3. The number of ether oxygens (including phenoxy) is 2. The van der Waals surface area contributed by atoms with Gasteiger partial charge in [0, 0.05) is 6.42 Å². The van der Waals surface area contributed by atoms with Gasteiger partial charge in [-0.1, -0.05) is 30.3 Å². The van der Waals surface area contributed by atoms with Crippen molar-refractivity contribution in [1.29, 1.82) is 0 Å². The molecule has 1 heterocycles. The zero-order valence-electron chi connectivity index (χ0n) is 10.1. The Hall–Kier alpha value is -0.950. The molecule has 0 unspecified atom stereocenters. The fourth-order valence-electron chi connectivity index (χ4n) is 1.84. The highest BCUT2D eigenvalue weighted by atomic mass is 32.2. The van der Waals surface area contributed by atoms with Gasteiger partial charge < -0.3 is 9.47 Å². The molecule has 0 radical (unpaired) electrons. The first-order valence-corrected chi connectivity index (χ1v) is 7.52. The van der Waals surface area contributed by atoms with Crippen molar-refractivity contribution < 1.29 is 22.1 Å². The summed E-state index contributed by atoms with van der Waals surface area (Å²) in [4.78, 5) is 0. The van der Waals surface area contributed by atoms with E-state index in [0.29, 0.717) is 19.6 Å². The summed E-state index contributed by atoms with van der Waals surface area (Å²) in [6.45, 7) is 0.923. The Kier molecular flexibility index (Phi) is 4.34. The third-order valence-electron chi connectivity index (χ3n) is 2.53. The second kappa shape index (κ2) is 5.79. The van der Waals surface area contributed by atoms with Gasteiger partial charge in [0.05, 0.1) is 19.5 Å². The van der Waals surface area contributed by atoms with Gasteiger partial charge in [0.15, 0.2) is 6.29 Å². The minimum Gasteiger partial charge on any atom is -0.348 e. The van der Waals surface area contributed by atoms with E-state index in [2.05, 4.69) is 0 Å². The van der Waals surface area contributed by atoms with Crippen molar-refractivity contribution in [2.24, 2.45) is 0 Å². The molecule has 0 aliphatic carbocycles. The lowest BCUT2D eigenvalue weighted by atomic mass is 10.1. The van der Waals surface area contributed by atoms with Crippen molar-refractivity contribution >= 4 is 10.1 Å². The van der Waals surface area contributed by atoms with Crippen molar-refractivity contribution in [1.82, 2.24) is 0 Å². The van der Waals surface area contributed by atoms with Gasteiger partial charge in [-0.2, -0.15) is 8.42 Å². The molecule has 1 aliphatic rings. The van der Waals surface area contributed by atoms with Crippen LogP contribution in [0.1, 0.15) is 5.56 Å². The van der Waals surface area contributed by atoms with Crippen LogP contribution in [0, 0.1) is 0 Å². The average Bonchev–Trinajstić information content (AvgIpc) is 2.81. The molecule has 1 atom stereocenters. The van der Waals surface area contributed by atoms with Gasteiger partial charge in [0.25, 0.3) is 10.1 Å². The molecule has 1 aromatic carbocycles. The van der Waals surface area contributed by atoms with Crippen LogP contribution < -0.4 is 0 Å². The van der Waals surface area contributed by atoms with E-state index in [1.54, 1.807) is 0 Å². The van der Waals surface area contributed by atoms with Crippen molar-refractivity contribution in [2.45, 2.75) is 18.8 Å². The average molecular weight is 272 g/mol. The minimum atomic E-state index is -3.54. The third kappa shape index (κ3) is 4.06. The van der Waals surface area contributed by atoms with Gasteiger partial charge >= 0.3 is 0 Å². The van der Waals surface area contributed by atoms with Gasteiger partial charge in [-0.15, -0.1) is 0 Å². The molecule has 0 bridgehead atoms. The summed E-state index contributed by atoms with van der Waals surface area (Å²) in [7, 11) is -3.54. The van der Waals surface area contributed by atoms with Crippen LogP contribution in [-0.4, -0.2) is 40.3 Å². The summed E-state index contributed by atoms with van der Waals surface area (Å²) in [5.74, 6) is 0. The first-order chi connectivity index (χ1) is 8.54. The Morgan fingerprint density at radius 3 is 2.44 bits per heavy atom. The molecule has 0 amide bonds. The van der Waals surface area contributed by atoms with E-state index >= 15 is 0 Å². The molecular weight excluding hydrogens is 256 g/mol. The second-order valence-corrected chi connectivity index (χ2v) is 5.74. The molecule has 0 spiro atoms. The van der Waals surface area contributed by atoms with E-state index in [0.717, 1.165) is 11.8 Å². The largest absolute Gasteiger partial charge is 0.348 e. The maximum atomic E-state index is 11.3. The zero-order chi connectivity index (χ0) is 13.0. The maximum Gasteiger partial charge on any atom is 0.264 e. The van der Waals surface area contributed by atoms with E-state index in [-0.39, 0.29) is 0 Å². The highest BCUT2D eigenvalue weighted by Gasteiger charge is 2.30. The minimum absolute atomic E-state index is 0.429. The molecule has 2 rings (SSSR count). The second-order valence-electron chi connectivity index (χ2n) is 4.14. The Bertz CT molecular complexity index is 465. The standard InChI is InChI=1S/C12H16O5S/c1-18(13,14)17-11(12-15-7-8-16-12)9-10-5-3-2-4-6-10/h2-6,11-12H,7-9H2,1H3/t11-/m1/s1. The predicted octanol–water partition coefficient (Wildman–Crippen LogP) is 0.947. The quantitative estimate of drug-likeness (QED) is 0.747. The van der Waals surface area contributed by atoms with Gasteiger partial charge in [-0.3, -0.25) is 4.18 Å². The fourth-order valence-corrected chi connectivity index (χ4v) is 2.45. The number of rotatable bonds is 5. The summed E-state index contributed by atoms with van der Waals surface area (Å²) in [6.07, 6.45) is 0.184. The van der Waals surface area contributed by atoms with Crippen molar-refractivity contribution in [3.63, 3.8) is 0 Å². The fraction of sp³-hybridized carbons (Fsp3) is 0.500. The lowest BCUT2D eigenvalue weighted by Gasteiger charge is -2.21. The molecule has 1 fully saturated rings. The van der Waals surface area contributed by atoms with E-state index in [1.807, 2.05) is 30.3 Å². The molecule has 0 N–H and O–H groups in total. The first kappa shape index (κ1) is 13.5. The van der Waals surface area contributed by atoms with E-state index < -0.39 is 22.5 Å². The predicted molar refractivity (Wildman–Crippen MR) is 65.6 cm³/mol. The first-order valence-electron chi connectivity index (χ1n) is 5.70. The van der Waals surface area contributed by atoms with Gasteiger partial charge in [-0.05, 0) is 5.56 Å². The number of benzene rings is 1. The van der Waals surface area contributed by atoms with Gasteiger partial charge in [0.1, 0.15) is 6.10 Å². The molecular formula is C12H16O5S. The Morgan fingerprint density at radius 1 is 1.28 bits per heavy atom. The van der Waals surface area contributed by atoms with Crippen molar-refractivity contribution in [3.8, 4) is 0 Å². The number of hydrogen-bond donors (Lipinski definition) is 0. The molecule has 5 nitrogen and oxygen atoms in total. The monoisotopic (exact) mass is 272 g/mol. The molecule has 6 heteroatoms. The van der Waals surface area contributed by atoms with Crippen LogP contribution in [0.2, 0.25) is 0 Å². The van der Waals surface area contributed by atoms with Crippen LogP contribution in [-0.2, 0) is 30.2 Å². The Morgan fingerprint density at radius 2 is 1.89 bits per heavy atom. The topological polar surface area (TPSA) is 61.8 Å². The molecule has 1 aromatic rings. The Balaban J connectivity index is 2.09. The van der Waals surface area contributed by atoms with Crippen LogP contribution in [0.3, 0.4) is 0 Å². The summed E-state index contributed by atoms with van der Waals surface area (Å²) in [5, 5.41) is 0. The van der Waals surface area contributed by atoms with Crippen LogP contribution in [0.5, 0.6) is 0 Å². The smallest absolute Gasteiger partial charge is 0.264 e. The molecule has 100 valence electrons. The van der Waals surface area contributed by atoms with Crippen LogP contribution >= 0.6 is 0 Å². The summed E-state index contributed by atoms with van der Waals surface area (Å²) in [6, 6.07) is 9.51. The lowest BCUT2D eigenvalue weighted by molar-refractivity contribution is -0.108. The summed E-state index contributed by atoms with van der Waals surface area (Å²) >= 11 is 0. The number of hydrogen-bond acceptors (Lipinski definition) is 5. The molecule has 0 aromatic heterocycles. The van der Waals surface area contributed by atoms with Crippen LogP contribution in [0.15, 0.2) is 30.3 Å². The summed E-state index contributed by atoms with van der Waals surface area (Å²) in [5.41, 5.74) is 0.977. The highest BCUT2D eigenvalue weighted by molar-refractivity contribution is 7.86.